The number of hydrogen-bond donors (Lipinski definition) is 0. The second kappa shape index (κ2) is 8.27. The van der Waals surface area contributed by atoms with E-state index in [0.29, 0.717) is 26.2 Å². The minimum absolute atomic E-state index is 0.215. The van der Waals surface area contributed by atoms with Gasteiger partial charge in [-0.1, -0.05) is 29.8 Å². The van der Waals surface area contributed by atoms with Crippen molar-refractivity contribution in [2.24, 2.45) is 0 Å². The monoisotopic (exact) mass is 408 g/mol. The topological polar surface area (TPSA) is 23.6 Å². The number of anilines is 1. The first-order valence-electron chi connectivity index (χ1n) is 8.89. The van der Waals surface area contributed by atoms with Crippen molar-refractivity contribution in [1.82, 2.24) is 4.90 Å². The van der Waals surface area contributed by atoms with Gasteiger partial charge in [-0.3, -0.25) is 4.79 Å². The summed E-state index contributed by atoms with van der Waals surface area (Å²) in [4.78, 5) is 16.3. The first-order valence-corrected chi connectivity index (χ1v) is 9.27. The molecular weight excluding hydrogens is 389 g/mol. The van der Waals surface area contributed by atoms with Gasteiger partial charge < -0.3 is 9.80 Å². The summed E-state index contributed by atoms with van der Waals surface area (Å²) in [6.07, 6.45) is -1.83. The molecule has 2 aromatic rings. The number of halogens is 4. The molecule has 1 fully saturated rings. The third-order valence-corrected chi connectivity index (χ3v) is 5.00. The van der Waals surface area contributed by atoms with Gasteiger partial charge in [0.25, 0.3) is 0 Å². The van der Waals surface area contributed by atoms with Crippen LogP contribution in [-0.2, 0) is 11.0 Å². The van der Waals surface area contributed by atoms with E-state index >= 15 is 0 Å². The van der Waals surface area contributed by atoms with Gasteiger partial charge >= 0.3 is 6.18 Å². The maximum absolute atomic E-state index is 12.9. The van der Waals surface area contributed by atoms with E-state index < -0.39 is 11.7 Å². The highest BCUT2D eigenvalue weighted by atomic mass is 35.5. The standard InChI is InChI=1S/C21H20ClF3N2O/c1-15-3-2-4-17(13-15)26-9-11-27(12-10-26)20(28)8-6-16-5-7-19(22)18(14-16)21(23,24)25/h2-8,13-14H,9-12H2,1H3/b8-6+. The molecule has 0 aromatic heterocycles. The lowest BCUT2D eigenvalue weighted by Crippen LogP contribution is -2.48. The van der Waals surface area contributed by atoms with Gasteiger partial charge in [0.2, 0.25) is 5.91 Å². The highest BCUT2D eigenvalue weighted by molar-refractivity contribution is 6.31. The maximum atomic E-state index is 12.9. The molecule has 0 atom stereocenters. The van der Waals surface area contributed by atoms with E-state index in [-0.39, 0.29) is 16.5 Å². The van der Waals surface area contributed by atoms with E-state index in [4.69, 9.17) is 11.6 Å². The van der Waals surface area contributed by atoms with E-state index in [1.807, 2.05) is 25.1 Å². The fraction of sp³-hybridized carbons (Fsp3) is 0.286. The third-order valence-electron chi connectivity index (χ3n) is 4.67. The number of alkyl halides is 3. The molecule has 7 heteroatoms. The Bertz CT molecular complexity index is 887. The lowest BCUT2D eigenvalue weighted by molar-refractivity contribution is -0.137. The number of piperazine rings is 1. The highest BCUT2D eigenvalue weighted by Crippen LogP contribution is 2.35. The van der Waals surface area contributed by atoms with E-state index in [1.165, 1.54) is 29.8 Å². The molecule has 1 heterocycles. The summed E-state index contributed by atoms with van der Waals surface area (Å²) in [5, 5.41) is -0.358. The van der Waals surface area contributed by atoms with Gasteiger partial charge in [-0.25, -0.2) is 0 Å². The second-order valence-electron chi connectivity index (χ2n) is 6.72. The maximum Gasteiger partial charge on any atom is 0.417 e. The number of hydrogen-bond acceptors (Lipinski definition) is 2. The molecule has 1 aliphatic heterocycles. The number of nitrogens with zero attached hydrogens (tertiary/aromatic N) is 2. The van der Waals surface area contributed by atoms with Crippen molar-refractivity contribution in [3.8, 4) is 0 Å². The molecule has 3 nitrogen and oxygen atoms in total. The molecule has 2 aromatic carbocycles. The summed E-state index contributed by atoms with van der Waals surface area (Å²) < 4.78 is 38.8. The van der Waals surface area contributed by atoms with Crippen molar-refractivity contribution in [3.05, 3.63) is 70.3 Å². The Balaban J connectivity index is 1.62. The summed E-state index contributed by atoms with van der Waals surface area (Å²) in [7, 11) is 0. The van der Waals surface area contributed by atoms with Gasteiger partial charge in [-0.15, -0.1) is 0 Å². The van der Waals surface area contributed by atoms with Gasteiger partial charge in [-0.2, -0.15) is 13.2 Å². The van der Waals surface area contributed by atoms with Crippen molar-refractivity contribution in [3.63, 3.8) is 0 Å². The molecule has 1 saturated heterocycles. The van der Waals surface area contributed by atoms with Crippen molar-refractivity contribution in [2.75, 3.05) is 31.1 Å². The second-order valence-corrected chi connectivity index (χ2v) is 7.13. The molecule has 0 aliphatic carbocycles. The summed E-state index contributed by atoms with van der Waals surface area (Å²) in [5.74, 6) is -0.215. The Morgan fingerprint density at radius 3 is 2.43 bits per heavy atom. The van der Waals surface area contributed by atoms with E-state index in [0.717, 1.165) is 11.8 Å². The summed E-state index contributed by atoms with van der Waals surface area (Å²) in [6, 6.07) is 11.8. The molecule has 3 rings (SSSR count). The smallest absolute Gasteiger partial charge is 0.368 e. The molecule has 0 radical (unpaired) electrons. The Morgan fingerprint density at radius 1 is 1.07 bits per heavy atom. The fourth-order valence-electron chi connectivity index (χ4n) is 3.15. The third kappa shape index (κ3) is 4.87. The summed E-state index contributed by atoms with van der Waals surface area (Å²) in [5.41, 5.74) is 1.68. The van der Waals surface area contributed by atoms with Crippen molar-refractivity contribution >= 4 is 29.3 Å². The van der Waals surface area contributed by atoms with Crippen LogP contribution in [0, 0.1) is 6.92 Å². The minimum Gasteiger partial charge on any atom is -0.368 e. The normalized spacial score (nSPS) is 15.3. The number of rotatable bonds is 3. The quantitative estimate of drug-likeness (QED) is 0.665. The average Bonchev–Trinajstić information content (AvgIpc) is 2.66. The zero-order valence-electron chi connectivity index (χ0n) is 15.3. The average molecular weight is 409 g/mol. The Morgan fingerprint density at radius 2 is 1.79 bits per heavy atom. The van der Waals surface area contributed by atoms with Gasteiger partial charge in [0.05, 0.1) is 10.6 Å². The van der Waals surface area contributed by atoms with Crippen LogP contribution in [0.3, 0.4) is 0 Å². The van der Waals surface area contributed by atoms with Crippen LogP contribution in [0.5, 0.6) is 0 Å². The number of amides is 1. The van der Waals surface area contributed by atoms with E-state index in [2.05, 4.69) is 11.0 Å². The fourth-order valence-corrected chi connectivity index (χ4v) is 3.37. The van der Waals surface area contributed by atoms with Crippen molar-refractivity contribution in [1.29, 1.82) is 0 Å². The molecule has 0 bridgehead atoms. The van der Waals surface area contributed by atoms with E-state index in [9.17, 15) is 18.0 Å². The Labute approximate surface area is 167 Å². The zero-order chi connectivity index (χ0) is 20.3. The van der Waals surface area contributed by atoms with Crippen LogP contribution in [0.15, 0.2) is 48.5 Å². The molecule has 0 unspecified atom stereocenters. The minimum atomic E-state index is -4.53. The molecule has 1 aliphatic rings. The molecule has 0 N–H and O–H groups in total. The van der Waals surface area contributed by atoms with Crippen molar-refractivity contribution < 1.29 is 18.0 Å². The first-order chi connectivity index (χ1) is 13.2. The lowest BCUT2D eigenvalue weighted by atomic mass is 10.1. The van der Waals surface area contributed by atoms with Crippen LogP contribution in [0.2, 0.25) is 5.02 Å². The van der Waals surface area contributed by atoms with Gasteiger partial charge in [0, 0.05) is 37.9 Å². The molecule has 28 heavy (non-hydrogen) atoms. The molecule has 0 saturated carbocycles. The zero-order valence-corrected chi connectivity index (χ0v) is 16.1. The van der Waals surface area contributed by atoms with Crippen LogP contribution in [0.4, 0.5) is 18.9 Å². The Kier molecular flexibility index (Phi) is 5.98. The number of aryl methyl sites for hydroxylation is 1. The highest BCUT2D eigenvalue weighted by Gasteiger charge is 2.33. The predicted molar refractivity (Wildman–Crippen MR) is 105 cm³/mol. The summed E-state index contributed by atoms with van der Waals surface area (Å²) >= 11 is 5.62. The number of benzene rings is 2. The van der Waals surface area contributed by atoms with Crippen LogP contribution >= 0.6 is 11.6 Å². The van der Waals surface area contributed by atoms with Gasteiger partial charge in [-0.05, 0) is 48.4 Å². The largest absolute Gasteiger partial charge is 0.417 e. The van der Waals surface area contributed by atoms with Gasteiger partial charge in [0.1, 0.15) is 0 Å². The summed E-state index contributed by atoms with van der Waals surface area (Å²) in [6.45, 7) is 4.58. The molecule has 0 spiro atoms. The lowest BCUT2D eigenvalue weighted by Gasteiger charge is -2.35. The van der Waals surface area contributed by atoms with Crippen LogP contribution in [0.1, 0.15) is 16.7 Å². The molecule has 1 amide bonds. The number of carbonyl (C=O) groups excluding carboxylic acids is 1. The molecule has 148 valence electrons. The van der Waals surface area contributed by atoms with Gasteiger partial charge in [0.15, 0.2) is 0 Å². The Hall–Kier alpha value is -2.47. The van der Waals surface area contributed by atoms with Crippen LogP contribution in [0.25, 0.3) is 6.08 Å². The SMILES string of the molecule is Cc1cccc(N2CCN(C(=O)/C=C/c3ccc(Cl)c(C(F)(F)F)c3)CC2)c1. The van der Waals surface area contributed by atoms with E-state index in [1.54, 1.807) is 4.90 Å². The number of carbonyl (C=O) groups is 1. The van der Waals surface area contributed by atoms with Crippen molar-refractivity contribution in [2.45, 2.75) is 13.1 Å². The predicted octanol–water partition coefficient (Wildman–Crippen LogP) is 5.03. The molecular formula is C21H20ClF3N2O. The van der Waals surface area contributed by atoms with Crippen LogP contribution in [-0.4, -0.2) is 37.0 Å². The van der Waals surface area contributed by atoms with Crippen LogP contribution < -0.4 is 4.90 Å². The first kappa shape index (κ1) is 20.3.